The van der Waals surface area contributed by atoms with Crippen molar-refractivity contribution in [3.63, 3.8) is 0 Å². The number of hydrogen-bond acceptors (Lipinski definition) is 4. The Morgan fingerprint density at radius 1 is 0.963 bits per heavy atom. The van der Waals surface area contributed by atoms with Crippen LogP contribution in [0.15, 0.2) is 24.3 Å². The maximum atomic E-state index is 12.2. The standard InChI is InChI=1S/C23H37NO3/c1-16(2)20(13-19(14-25)27-22(6,7)8)23(24,15-26)18-11-9-17(10-12-18)21(3,4)5/h9-12,14-16,19-20H,13,24H2,1-8H3. The first-order chi connectivity index (χ1) is 12.2. The van der Waals surface area contributed by atoms with Gasteiger partial charge >= 0.3 is 0 Å². The zero-order valence-electron chi connectivity index (χ0n) is 18.2. The number of carbonyl (C=O) groups is 2. The molecule has 0 saturated heterocycles. The van der Waals surface area contributed by atoms with E-state index in [2.05, 4.69) is 20.8 Å². The van der Waals surface area contributed by atoms with Gasteiger partial charge in [-0.2, -0.15) is 0 Å². The fraction of sp³-hybridized carbons (Fsp3) is 0.652. The first-order valence-corrected chi connectivity index (χ1v) is 9.74. The molecule has 0 saturated carbocycles. The molecule has 0 heterocycles. The third-order valence-corrected chi connectivity index (χ3v) is 5.01. The van der Waals surface area contributed by atoms with Crippen molar-refractivity contribution in [2.75, 3.05) is 0 Å². The van der Waals surface area contributed by atoms with Gasteiger partial charge in [-0.25, -0.2) is 0 Å². The molecule has 4 heteroatoms. The monoisotopic (exact) mass is 375 g/mol. The number of hydrogen-bond donors (Lipinski definition) is 1. The Hall–Kier alpha value is -1.52. The van der Waals surface area contributed by atoms with Crippen LogP contribution in [0.1, 0.15) is 72.9 Å². The van der Waals surface area contributed by atoms with Gasteiger partial charge in [0.1, 0.15) is 24.2 Å². The van der Waals surface area contributed by atoms with Gasteiger partial charge in [0.2, 0.25) is 0 Å². The number of aldehydes is 2. The van der Waals surface area contributed by atoms with Crippen LogP contribution in [0.3, 0.4) is 0 Å². The summed E-state index contributed by atoms with van der Waals surface area (Å²) < 4.78 is 5.87. The van der Waals surface area contributed by atoms with Gasteiger partial charge in [-0.1, -0.05) is 58.9 Å². The number of benzene rings is 1. The molecule has 3 atom stereocenters. The summed E-state index contributed by atoms with van der Waals surface area (Å²) in [5, 5.41) is 0. The minimum Gasteiger partial charge on any atom is -0.365 e. The van der Waals surface area contributed by atoms with E-state index in [1.54, 1.807) is 0 Å². The minimum atomic E-state index is -1.17. The Morgan fingerprint density at radius 2 is 1.44 bits per heavy atom. The van der Waals surface area contributed by atoms with Gasteiger partial charge in [0.15, 0.2) is 0 Å². The molecular weight excluding hydrogens is 338 g/mol. The van der Waals surface area contributed by atoms with Crippen molar-refractivity contribution in [3.05, 3.63) is 35.4 Å². The van der Waals surface area contributed by atoms with Crippen LogP contribution in [-0.4, -0.2) is 24.3 Å². The van der Waals surface area contributed by atoms with E-state index in [0.717, 1.165) is 18.1 Å². The fourth-order valence-electron chi connectivity index (χ4n) is 3.48. The molecule has 1 aromatic rings. The summed E-state index contributed by atoms with van der Waals surface area (Å²) in [4.78, 5) is 23.7. The fourth-order valence-corrected chi connectivity index (χ4v) is 3.48. The van der Waals surface area contributed by atoms with Gasteiger partial charge in [0.25, 0.3) is 0 Å². The predicted molar refractivity (Wildman–Crippen MR) is 111 cm³/mol. The SMILES string of the molecule is CC(C)C(CC(C=O)OC(C)(C)C)C(N)(C=O)c1ccc(C(C)(C)C)cc1. The second-order valence-electron chi connectivity index (χ2n) is 9.87. The van der Waals surface area contributed by atoms with E-state index < -0.39 is 17.2 Å². The Labute approximate surface area is 164 Å². The molecule has 0 radical (unpaired) electrons. The highest BCUT2D eigenvalue weighted by Gasteiger charge is 2.40. The summed E-state index contributed by atoms with van der Waals surface area (Å²) in [6.07, 6.45) is 1.43. The van der Waals surface area contributed by atoms with E-state index in [-0.39, 0.29) is 17.3 Å². The van der Waals surface area contributed by atoms with E-state index in [9.17, 15) is 9.59 Å². The first-order valence-electron chi connectivity index (χ1n) is 9.74. The molecule has 0 aliphatic heterocycles. The van der Waals surface area contributed by atoms with Gasteiger partial charge in [-0.05, 0) is 55.6 Å². The maximum absolute atomic E-state index is 12.2. The average Bonchev–Trinajstić information content (AvgIpc) is 2.55. The molecule has 4 nitrogen and oxygen atoms in total. The Bertz CT molecular complexity index is 623. The van der Waals surface area contributed by atoms with Crippen LogP contribution >= 0.6 is 0 Å². The topological polar surface area (TPSA) is 69.4 Å². The zero-order chi connectivity index (χ0) is 21.0. The summed E-state index contributed by atoms with van der Waals surface area (Å²) in [7, 11) is 0. The van der Waals surface area contributed by atoms with Crippen LogP contribution in [0.5, 0.6) is 0 Å². The van der Waals surface area contributed by atoms with Gasteiger partial charge in [-0.3, -0.25) is 0 Å². The van der Waals surface area contributed by atoms with Crippen molar-refractivity contribution in [2.45, 2.75) is 84.5 Å². The molecule has 1 aromatic carbocycles. The molecule has 152 valence electrons. The smallest absolute Gasteiger partial charge is 0.148 e. The Balaban J connectivity index is 3.24. The van der Waals surface area contributed by atoms with Crippen molar-refractivity contribution >= 4 is 12.6 Å². The normalized spacial score (nSPS) is 17.3. The molecule has 0 aliphatic rings. The number of nitrogens with two attached hydrogens (primary N) is 1. The number of ether oxygens (including phenoxy) is 1. The van der Waals surface area contributed by atoms with E-state index in [4.69, 9.17) is 10.5 Å². The number of rotatable bonds is 8. The van der Waals surface area contributed by atoms with Crippen molar-refractivity contribution in [3.8, 4) is 0 Å². The van der Waals surface area contributed by atoms with Crippen LogP contribution in [0, 0.1) is 11.8 Å². The van der Waals surface area contributed by atoms with Crippen molar-refractivity contribution in [1.29, 1.82) is 0 Å². The summed E-state index contributed by atoms with van der Waals surface area (Å²) in [5.41, 5.74) is 7.01. The zero-order valence-corrected chi connectivity index (χ0v) is 18.2. The van der Waals surface area contributed by atoms with E-state index in [0.29, 0.717) is 6.42 Å². The quantitative estimate of drug-likeness (QED) is 0.685. The molecule has 0 amide bonds. The van der Waals surface area contributed by atoms with Gasteiger partial charge in [0, 0.05) is 0 Å². The molecule has 0 aromatic heterocycles. The Kier molecular flexibility index (Phi) is 7.54. The van der Waals surface area contributed by atoms with Crippen molar-refractivity contribution < 1.29 is 14.3 Å². The molecule has 1 rings (SSSR count). The molecule has 2 N–H and O–H groups in total. The summed E-state index contributed by atoms with van der Waals surface area (Å²) >= 11 is 0. The molecule has 0 fully saturated rings. The largest absolute Gasteiger partial charge is 0.365 e. The van der Waals surface area contributed by atoms with Crippen LogP contribution in [0.2, 0.25) is 0 Å². The maximum Gasteiger partial charge on any atom is 0.148 e. The highest BCUT2D eigenvalue weighted by atomic mass is 16.5. The third-order valence-electron chi connectivity index (χ3n) is 5.01. The highest BCUT2D eigenvalue weighted by molar-refractivity contribution is 5.68. The molecular formula is C23H37NO3. The van der Waals surface area contributed by atoms with Crippen LogP contribution in [-0.2, 0) is 25.3 Å². The van der Waals surface area contributed by atoms with Gasteiger partial charge in [0.05, 0.1) is 5.60 Å². The summed E-state index contributed by atoms with van der Waals surface area (Å²) in [6.45, 7) is 16.2. The molecule has 3 unspecified atom stereocenters. The lowest BCUT2D eigenvalue weighted by molar-refractivity contribution is -0.132. The van der Waals surface area contributed by atoms with E-state index in [1.807, 2.05) is 58.9 Å². The van der Waals surface area contributed by atoms with Gasteiger partial charge in [-0.15, -0.1) is 0 Å². The highest BCUT2D eigenvalue weighted by Crippen LogP contribution is 2.36. The molecule has 0 aliphatic carbocycles. The lowest BCUT2D eigenvalue weighted by atomic mass is 9.71. The van der Waals surface area contributed by atoms with Crippen LogP contribution in [0.25, 0.3) is 0 Å². The second-order valence-corrected chi connectivity index (χ2v) is 9.87. The Morgan fingerprint density at radius 3 is 1.78 bits per heavy atom. The molecule has 0 bridgehead atoms. The number of carbonyl (C=O) groups excluding carboxylic acids is 2. The first kappa shape index (κ1) is 23.5. The average molecular weight is 376 g/mol. The van der Waals surface area contributed by atoms with Crippen molar-refractivity contribution in [2.24, 2.45) is 17.6 Å². The lowest BCUT2D eigenvalue weighted by Crippen LogP contribution is -2.49. The summed E-state index contributed by atoms with van der Waals surface area (Å²) in [5.74, 6) is -0.124. The van der Waals surface area contributed by atoms with Gasteiger partial charge < -0.3 is 20.1 Å². The van der Waals surface area contributed by atoms with Crippen LogP contribution in [0.4, 0.5) is 0 Å². The lowest BCUT2D eigenvalue weighted by Gasteiger charge is -2.38. The summed E-state index contributed by atoms with van der Waals surface area (Å²) in [6, 6.07) is 7.93. The minimum absolute atomic E-state index is 0.0254. The molecule has 27 heavy (non-hydrogen) atoms. The van der Waals surface area contributed by atoms with Crippen LogP contribution < -0.4 is 5.73 Å². The molecule has 0 spiro atoms. The third kappa shape index (κ3) is 6.25. The van der Waals surface area contributed by atoms with Crippen molar-refractivity contribution in [1.82, 2.24) is 0 Å². The van der Waals surface area contributed by atoms with E-state index in [1.165, 1.54) is 5.56 Å². The van der Waals surface area contributed by atoms with E-state index >= 15 is 0 Å². The second kappa shape index (κ2) is 8.66. The predicted octanol–water partition coefficient (Wildman–Crippen LogP) is 4.38.